The Kier molecular flexibility index (Phi) is 6.03. The Morgan fingerprint density at radius 3 is 2.74 bits per heavy atom. The van der Waals surface area contributed by atoms with Crippen molar-refractivity contribution >= 4 is 51.7 Å². The van der Waals surface area contributed by atoms with Crippen molar-refractivity contribution in [1.29, 1.82) is 0 Å². The summed E-state index contributed by atoms with van der Waals surface area (Å²) >= 11 is 7.20. The molecule has 3 rings (SSSR count). The lowest BCUT2D eigenvalue weighted by molar-refractivity contribution is -0.121. The summed E-state index contributed by atoms with van der Waals surface area (Å²) in [4.78, 5) is 30.6. The number of nitrogens with zero attached hydrogens (tertiary/aromatic N) is 2. The van der Waals surface area contributed by atoms with Crippen LogP contribution in [0.1, 0.15) is 6.42 Å². The normalized spacial score (nSPS) is 17.4. The van der Waals surface area contributed by atoms with Crippen molar-refractivity contribution in [3.63, 3.8) is 0 Å². The van der Waals surface area contributed by atoms with Gasteiger partial charge in [-0.05, 0) is 30.3 Å². The Morgan fingerprint density at radius 2 is 2.04 bits per heavy atom. The quantitative estimate of drug-likeness (QED) is 0.477. The molecule has 1 atom stereocenters. The lowest BCUT2D eigenvalue weighted by atomic mass is 10.3. The monoisotopic (exact) mass is 403 g/mol. The van der Waals surface area contributed by atoms with Gasteiger partial charge in [0.25, 0.3) is 0 Å². The summed E-state index contributed by atoms with van der Waals surface area (Å²) in [5.74, 6) is 0.122. The van der Waals surface area contributed by atoms with Crippen LogP contribution in [0.3, 0.4) is 0 Å². The molecule has 0 aliphatic carbocycles. The topological polar surface area (TPSA) is 71.0 Å². The number of methoxy groups -OCH3 is 1. The average Bonchev–Trinajstić information content (AvgIpc) is 2.94. The van der Waals surface area contributed by atoms with Gasteiger partial charge in [-0.15, -0.1) is 0 Å². The predicted octanol–water partition coefficient (Wildman–Crippen LogP) is 3.81. The highest BCUT2D eigenvalue weighted by Gasteiger charge is 2.40. The van der Waals surface area contributed by atoms with Crippen LogP contribution in [0.4, 0.5) is 11.4 Å². The number of benzene rings is 2. The van der Waals surface area contributed by atoms with Gasteiger partial charge in [-0.1, -0.05) is 41.6 Å². The number of para-hydroxylation sites is 2. The zero-order valence-corrected chi connectivity index (χ0v) is 16.4. The van der Waals surface area contributed by atoms with Gasteiger partial charge in [0.2, 0.25) is 11.8 Å². The molecule has 1 saturated heterocycles. The minimum absolute atomic E-state index is 0.0998. The molecule has 1 N–H and O–H groups in total. The first kappa shape index (κ1) is 19.3. The molecule has 2 aromatic carbocycles. The molecule has 1 aliphatic heterocycles. The molecule has 0 saturated carbocycles. The molecule has 0 radical (unpaired) electrons. The van der Waals surface area contributed by atoms with E-state index in [4.69, 9.17) is 16.3 Å². The lowest BCUT2D eigenvalue weighted by Gasteiger charge is -2.16. The van der Waals surface area contributed by atoms with E-state index in [2.05, 4.69) is 10.3 Å². The Morgan fingerprint density at radius 1 is 1.26 bits per heavy atom. The smallest absolute Gasteiger partial charge is 0.247 e. The molecule has 8 heteroatoms. The van der Waals surface area contributed by atoms with Crippen LogP contribution >= 0.6 is 23.4 Å². The molecular formula is C19H18ClN3O3S. The largest absolute Gasteiger partial charge is 0.495 e. The van der Waals surface area contributed by atoms with Crippen molar-refractivity contribution < 1.29 is 14.3 Å². The van der Waals surface area contributed by atoms with E-state index in [1.54, 1.807) is 38.4 Å². The van der Waals surface area contributed by atoms with Crippen molar-refractivity contribution in [2.24, 2.45) is 4.99 Å². The van der Waals surface area contributed by atoms with E-state index in [0.717, 1.165) is 5.69 Å². The molecule has 6 nitrogen and oxygen atoms in total. The highest BCUT2D eigenvalue weighted by molar-refractivity contribution is 8.15. The zero-order chi connectivity index (χ0) is 19.4. The Hall–Kier alpha value is -2.51. The summed E-state index contributed by atoms with van der Waals surface area (Å²) in [5, 5.41) is 3.60. The fourth-order valence-electron chi connectivity index (χ4n) is 2.72. The van der Waals surface area contributed by atoms with E-state index in [1.165, 1.54) is 16.7 Å². The highest BCUT2D eigenvalue weighted by atomic mass is 35.5. The van der Waals surface area contributed by atoms with Crippen LogP contribution in [0.2, 0.25) is 5.02 Å². The van der Waals surface area contributed by atoms with Gasteiger partial charge in [0.05, 0.1) is 18.5 Å². The number of hydrogen-bond acceptors (Lipinski definition) is 5. The van der Waals surface area contributed by atoms with Crippen molar-refractivity contribution in [1.82, 2.24) is 0 Å². The summed E-state index contributed by atoms with van der Waals surface area (Å²) < 4.78 is 5.32. The third-order valence-electron chi connectivity index (χ3n) is 3.98. The molecule has 0 unspecified atom stereocenters. The summed E-state index contributed by atoms with van der Waals surface area (Å²) in [6.07, 6.45) is 0.0998. The predicted molar refractivity (Wildman–Crippen MR) is 110 cm³/mol. The summed E-state index contributed by atoms with van der Waals surface area (Å²) in [7, 11) is 3.21. The summed E-state index contributed by atoms with van der Waals surface area (Å²) in [6.45, 7) is 0. The van der Waals surface area contributed by atoms with Gasteiger partial charge in [-0.2, -0.15) is 0 Å². The number of imide groups is 1. The number of amides is 2. The maximum absolute atomic E-state index is 12.8. The maximum atomic E-state index is 12.8. The van der Waals surface area contributed by atoms with E-state index in [1.807, 2.05) is 24.3 Å². The summed E-state index contributed by atoms with van der Waals surface area (Å²) in [6, 6.07) is 14.1. The first-order valence-corrected chi connectivity index (χ1v) is 9.45. The van der Waals surface area contributed by atoms with Crippen LogP contribution in [0.25, 0.3) is 0 Å². The number of hydrogen-bond donors (Lipinski definition) is 1. The fourth-order valence-corrected chi connectivity index (χ4v) is 3.88. The number of carbonyl (C=O) groups is 2. The number of anilines is 2. The standard InChI is InChI=1S/C19H18ClN3O3S/c1-21-19(22-14-8-3-4-9-15(14)26-2)27-16-11-17(24)23(18(16)25)13-7-5-6-12(20)10-13/h3-10,16H,11H2,1-2H3,(H,21,22)/t16-/m0/s1. The van der Waals surface area contributed by atoms with Gasteiger partial charge >= 0.3 is 0 Å². The van der Waals surface area contributed by atoms with E-state index < -0.39 is 5.25 Å². The molecule has 1 heterocycles. The van der Waals surface area contributed by atoms with Gasteiger partial charge in [-0.25, -0.2) is 4.90 Å². The van der Waals surface area contributed by atoms with Gasteiger partial charge in [0.15, 0.2) is 5.17 Å². The molecule has 27 heavy (non-hydrogen) atoms. The number of rotatable bonds is 4. The highest BCUT2D eigenvalue weighted by Crippen LogP contribution is 2.32. The molecule has 2 aromatic rings. The molecule has 0 aromatic heterocycles. The number of ether oxygens (including phenoxy) is 1. The molecule has 140 valence electrons. The molecule has 2 amide bonds. The van der Waals surface area contributed by atoms with E-state index in [9.17, 15) is 9.59 Å². The average molecular weight is 404 g/mol. The number of carbonyl (C=O) groups excluding carboxylic acids is 2. The molecule has 1 fully saturated rings. The number of aliphatic imine (C=N–C) groups is 1. The number of halogens is 1. The minimum Gasteiger partial charge on any atom is -0.495 e. The van der Waals surface area contributed by atoms with Crippen LogP contribution in [0.15, 0.2) is 53.5 Å². The zero-order valence-electron chi connectivity index (χ0n) is 14.8. The second-order valence-electron chi connectivity index (χ2n) is 5.71. The third kappa shape index (κ3) is 4.26. The van der Waals surface area contributed by atoms with Gasteiger partial charge in [0.1, 0.15) is 11.0 Å². The lowest BCUT2D eigenvalue weighted by Crippen LogP contribution is -2.31. The van der Waals surface area contributed by atoms with E-state index in [0.29, 0.717) is 21.6 Å². The summed E-state index contributed by atoms with van der Waals surface area (Å²) in [5.41, 5.74) is 1.21. The number of thioether (sulfide) groups is 1. The Bertz CT molecular complexity index is 903. The van der Waals surface area contributed by atoms with Crippen LogP contribution < -0.4 is 15.0 Å². The van der Waals surface area contributed by atoms with Gasteiger partial charge in [-0.3, -0.25) is 14.6 Å². The first-order chi connectivity index (χ1) is 13.0. The van der Waals surface area contributed by atoms with Crippen LogP contribution in [0, 0.1) is 0 Å². The Labute approximate surface area is 166 Å². The van der Waals surface area contributed by atoms with Crippen molar-refractivity contribution in [3.8, 4) is 5.75 Å². The van der Waals surface area contributed by atoms with Crippen LogP contribution in [-0.4, -0.2) is 36.4 Å². The Balaban J connectivity index is 1.75. The van der Waals surface area contributed by atoms with Gasteiger partial charge < -0.3 is 10.1 Å². The van der Waals surface area contributed by atoms with Gasteiger partial charge in [0, 0.05) is 18.5 Å². The number of amidine groups is 1. The van der Waals surface area contributed by atoms with Crippen molar-refractivity contribution in [2.45, 2.75) is 11.7 Å². The maximum Gasteiger partial charge on any atom is 0.247 e. The van der Waals surface area contributed by atoms with Crippen LogP contribution in [-0.2, 0) is 9.59 Å². The SMILES string of the molecule is CN=C(Nc1ccccc1OC)S[C@H]1CC(=O)N(c2cccc(Cl)c2)C1=O. The molecular weight excluding hydrogens is 386 g/mol. The minimum atomic E-state index is -0.558. The van der Waals surface area contributed by atoms with E-state index in [-0.39, 0.29) is 18.2 Å². The fraction of sp³-hybridized carbons (Fsp3) is 0.211. The van der Waals surface area contributed by atoms with E-state index >= 15 is 0 Å². The second-order valence-corrected chi connectivity index (χ2v) is 7.34. The molecule has 0 bridgehead atoms. The number of nitrogens with one attached hydrogen (secondary N) is 1. The second kappa shape index (κ2) is 8.45. The van der Waals surface area contributed by atoms with Crippen LogP contribution in [0.5, 0.6) is 5.75 Å². The first-order valence-electron chi connectivity index (χ1n) is 8.19. The van der Waals surface area contributed by atoms with Crippen molar-refractivity contribution in [2.75, 3.05) is 24.4 Å². The third-order valence-corrected chi connectivity index (χ3v) is 5.37. The molecule has 0 spiro atoms. The van der Waals surface area contributed by atoms with Crippen molar-refractivity contribution in [3.05, 3.63) is 53.6 Å². The molecule has 1 aliphatic rings.